The highest BCUT2D eigenvalue weighted by atomic mass is 35.5. The van der Waals surface area contributed by atoms with Crippen LogP contribution >= 0.6 is 11.6 Å². The highest BCUT2D eigenvalue weighted by Gasteiger charge is 2.12. The molecule has 2 aromatic carbocycles. The van der Waals surface area contributed by atoms with Gasteiger partial charge in [0, 0.05) is 23.9 Å². The third-order valence-corrected chi connectivity index (χ3v) is 3.72. The molecule has 0 aliphatic carbocycles. The molecule has 0 bridgehead atoms. The van der Waals surface area contributed by atoms with Gasteiger partial charge in [0.05, 0.1) is 17.6 Å². The van der Waals surface area contributed by atoms with Gasteiger partial charge in [-0.1, -0.05) is 41.9 Å². The Kier molecular flexibility index (Phi) is 3.76. The smallest absolute Gasteiger partial charge is 0.143 e. The predicted molar refractivity (Wildman–Crippen MR) is 84.6 cm³/mol. The van der Waals surface area contributed by atoms with E-state index < -0.39 is 0 Å². The highest BCUT2D eigenvalue weighted by Crippen LogP contribution is 2.19. The van der Waals surface area contributed by atoms with E-state index in [-0.39, 0.29) is 5.78 Å². The van der Waals surface area contributed by atoms with E-state index >= 15 is 0 Å². The molecule has 0 saturated carbocycles. The minimum atomic E-state index is 0.140. The Morgan fingerprint density at radius 2 is 1.95 bits per heavy atom. The van der Waals surface area contributed by atoms with E-state index in [1.807, 2.05) is 60.3 Å². The lowest BCUT2D eigenvalue weighted by Gasteiger charge is -2.01. The summed E-state index contributed by atoms with van der Waals surface area (Å²) in [6.45, 7) is 0. The number of fused-ring (bicyclic) bond motifs is 1. The summed E-state index contributed by atoms with van der Waals surface area (Å²) in [5.74, 6) is 0.140. The first-order valence-corrected chi connectivity index (χ1v) is 7.18. The average Bonchev–Trinajstić information content (AvgIpc) is 2.76. The molecule has 0 saturated heterocycles. The summed E-state index contributed by atoms with van der Waals surface area (Å²) in [5.41, 5.74) is 2.82. The molecule has 0 unspecified atom stereocenters. The number of carbonyl (C=O) groups excluding carboxylic acids is 1. The quantitative estimate of drug-likeness (QED) is 0.738. The predicted octanol–water partition coefficient (Wildman–Crippen LogP) is 3.58. The maximum absolute atomic E-state index is 12.3. The molecule has 0 aliphatic heterocycles. The van der Waals surface area contributed by atoms with Gasteiger partial charge < -0.3 is 0 Å². The monoisotopic (exact) mass is 298 g/mol. The van der Waals surface area contributed by atoms with E-state index in [0.29, 0.717) is 17.9 Å². The molecule has 1 heterocycles. The first kappa shape index (κ1) is 13.8. The molecule has 3 aromatic rings. The Bertz CT molecular complexity index is 807. The number of benzene rings is 2. The van der Waals surface area contributed by atoms with Gasteiger partial charge in [-0.15, -0.1) is 0 Å². The molecule has 106 valence electrons. The fraction of sp³-hybridized carbons (Fsp3) is 0.176. The van der Waals surface area contributed by atoms with Crippen molar-refractivity contribution in [2.75, 3.05) is 0 Å². The standard InChI is InChI=1S/C17H15ClN2O/c1-20-17-8-3-2-7-15(17)16(19-20)11-14(21)10-12-5-4-6-13(18)9-12/h2-9H,10-11H2,1H3. The van der Waals surface area contributed by atoms with Gasteiger partial charge >= 0.3 is 0 Å². The van der Waals surface area contributed by atoms with Crippen molar-refractivity contribution in [3.05, 3.63) is 64.8 Å². The van der Waals surface area contributed by atoms with E-state index in [1.165, 1.54) is 0 Å². The molecule has 3 rings (SSSR count). The lowest BCUT2D eigenvalue weighted by molar-refractivity contribution is -0.117. The van der Waals surface area contributed by atoms with Crippen molar-refractivity contribution >= 4 is 28.3 Å². The largest absolute Gasteiger partial charge is 0.299 e. The van der Waals surface area contributed by atoms with Crippen LogP contribution in [0, 0.1) is 0 Å². The molecule has 0 fully saturated rings. The minimum Gasteiger partial charge on any atom is -0.299 e. The number of hydrogen-bond donors (Lipinski definition) is 0. The van der Waals surface area contributed by atoms with Crippen LogP contribution in [0.15, 0.2) is 48.5 Å². The summed E-state index contributed by atoms with van der Waals surface area (Å²) < 4.78 is 1.82. The van der Waals surface area contributed by atoms with Crippen LogP contribution < -0.4 is 0 Å². The molecule has 4 heteroatoms. The van der Waals surface area contributed by atoms with Gasteiger partial charge in [-0.25, -0.2) is 0 Å². The molecular formula is C17H15ClN2O. The maximum Gasteiger partial charge on any atom is 0.143 e. The summed E-state index contributed by atoms with van der Waals surface area (Å²) in [5, 5.41) is 6.16. The Morgan fingerprint density at radius 1 is 1.14 bits per heavy atom. The van der Waals surface area contributed by atoms with Crippen LogP contribution in [0.1, 0.15) is 11.3 Å². The number of nitrogens with zero attached hydrogens (tertiary/aromatic N) is 2. The number of para-hydroxylation sites is 1. The Morgan fingerprint density at radius 3 is 2.76 bits per heavy atom. The summed E-state index contributed by atoms with van der Waals surface area (Å²) >= 11 is 5.94. The topological polar surface area (TPSA) is 34.9 Å². The number of aryl methyl sites for hydroxylation is 1. The van der Waals surface area contributed by atoms with E-state index in [4.69, 9.17) is 11.6 Å². The number of Topliss-reactive ketones (excluding diaryl/α,β-unsaturated/α-hetero) is 1. The zero-order valence-electron chi connectivity index (χ0n) is 11.7. The molecule has 1 aromatic heterocycles. The number of ketones is 1. The molecule has 0 spiro atoms. The zero-order valence-corrected chi connectivity index (χ0v) is 12.5. The average molecular weight is 299 g/mol. The van der Waals surface area contributed by atoms with Crippen molar-refractivity contribution in [2.24, 2.45) is 7.05 Å². The summed E-state index contributed by atoms with van der Waals surface area (Å²) in [6.07, 6.45) is 0.722. The van der Waals surface area contributed by atoms with E-state index in [0.717, 1.165) is 22.2 Å². The SMILES string of the molecule is Cn1nc(CC(=O)Cc2cccc(Cl)c2)c2ccccc21. The molecule has 0 amide bonds. The lowest BCUT2D eigenvalue weighted by Crippen LogP contribution is -2.07. The fourth-order valence-corrected chi connectivity index (χ4v) is 2.76. The van der Waals surface area contributed by atoms with Gasteiger partial charge in [-0.2, -0.15) is 5.10 Å². The third kappa shape index (κ3) is 2.98. The first-order valence-electron chi connectivity index (χ1n) is 6.80. The molecule has 3 nitrogen and oxygen atoms in total. The second-order valence-electron chi connectivity index (χ2n) is 5.11. The molecule has 0 radical (unpaired) electrons. The van der Waals surface area contributed by atoms with Crippen molar-refractivity contribution in [1.82, 2.24) is 9.78 Å². The van der Waals surface area contributed by atoms with Crippen molar-refractivity contribution < 1.29 is 4.79 Å². The van der Waals surface area contributed by atoms with Crippen LogP contribution in [0.25, 0.3) is 10.9 Å². The van der Waals surface area contributed by atoms with E-state index in [2.05, 4.69) is 5.10 Å². The summed E-state index contributed by atoms with van der Waals surface area (Å²) in [7, 11) is 1.90. The van der Waals surface area contributed by atoms with Crippen LogP contribution in [0.4, 0.5) is 0 Å². The van der Waals surface area contributed by atoms with Gasteiger partial charge in [0.25, 0.3) is 0 Å². The van der Waals surface area contributed by atoms with Crippen LogP contribution in [0.3, 0.4) is 0 Å². The fourth-order valence-electron chi connectivity index (χ4n) is 2.54. The molecular weight excluding hydrogens is 284 g/mol. The van der Waals surface area contributed by atoms with E-state index in [1.54, 1.807) is 0 Å². The summed E-state index contributed by atoms with van der Waals surface area (Å²) in [4.78, 5) is 12.3. The molecule has 0 aliphatic rings. The van der Waals surface area contributed by atoms with Crippen molar-refractivity contribution in [3.8, 4) is 0 Å². The summed E-state index contributed by atoms with van der Waals surface area (Å²) in [6, 6.07) is 15.4. The normalized spacial score (nSPS) is 11.0. The van der Waals surface area contributed by atoms with Gasteiger partial charge in [-0.3, -0.25) is 9.48 Å². The first-order chi connectivity index (χ1) is 10.1. The van der Waals surface area contributed by atoms with Crippen molar-refractivity contribution in [3.63, 3.8) is 0 Å². The van der Waals surface area contributed by atoms with Crippen LogP contribution in [0.5, 0.6) is 0 Å². The molecule has 21 heavy (non-hydrogen) atoms. The van der Waals surface area contributed by atoms with Gasteiger partial charge in [0.15, 0.2) is 0 Å². The lowest BCUT2D eigenvalue weighted by atomic mass is 10.0. The number of aromatic nitrogens is 2. The number of rotatable bonds is 4. The van der Waals surface area contributed by atoms with Crippen LogP contribution in [0.2, 0.25) is 5.02 Å². The van der Waals surface area contributed by atoms with Crippen molar-refractivity contribution in [1.29, 1.82) is 0 Å². The van der Waals surface area contributed by atoms with Crippen LogP contribution in [-0.4, -0.2) is 15.6 Å². The Labute approximate surface area is 128 Å². The van der Waals surface area contributed by atoms with Gasteiger partial charge in [-0.05, 0) is 23.8 Å². The Hall–Kier alpha value is -2.13. The van der Waals surface area contributed by atoms with Gasteiger partial charge in [0.1, 0.15) is 5.78 Å². The second kappa shape index (κ2) is 5.70. The second-order valence-corrected chi connectivity index (χ2v) is 5.55. The number of halogens is 1. The van der Waals surface area contributed by atoms with Gasteiger partial charge in [0.2, 0.25) is 0 Å². The zero-order chi connectivity index (χ0) is 14.8. The molecule has 0 N–H and O–H groups in total. The van der Waals surface area contributed by atoms with Crippen molar-refractivity contribution in [2.45, 2.75) is 12.8 Å². The third-order valence-electron chi connectivity index (χ3n) is 3.49. The van der Waals surface area contributed by atoms with Crippen LogP contribution in [-0.2, 0) is 24.7 Å². The Balaban J connectivity index is 1.80. The highest BCUT2D eigenvalue weighted by molar-refractivity contribution is 6.30. The minimum absolute atomic E-state index is 0.140. The maximum atomic E-state index is 12.3. The number of hydrogen-bond acceptors (Lipinski definition) is 2. The molecule has 0 atom stereocenters. The number of carbonyl (C=O) groups is 1. The van der Waals surface area contributed by atoms with E-state index in [9.17, 15) is 4.79 Å².